The molecule has 0 saturated carbocycles. The zero-order chi connectivity index (χ0) is 10.6. The Balaban J connectivity index is 2.83. The number of aromatic nitrogens is 1. The molecule has 76 valence electrons. The fourth-order valence-electron chi connectivity index (χ4n) is 1.22. The summed E-state index contributed by atoms with van der Waals surface area (Å²) in [7, 11) is 1.60. The van der Waals surface area contributed by atoms with E-state index in [1.54, 1.807) is 25.4 Å². The third-order valence-corrected chi connectivity index (χ3v) is 2.04. The Labute approximate surface area is 83.6 Å². The van der Waals surface area contributed by atoms with Crippen molar-refractivity contribution in [3.8, 4) is 0 Å². The normalized spacial score (nSPS) is 12.4. The molecule has 1 aromatic rings. The van der Waals surface area contributed by atoms with Crippen molar-refractivity contribution in [2.75, 3.05) is 12.8 Å². The van der Waals surface area contributed by atoms with Crippen molar-refractivity contribution < 1.29 is 4.74 Å². The van der Waals surface area contributed by atoms with Gasteiger partial charge in [-0.1, -0.05) is 6.92 Å². The first-order chi connectivity index (χ1) is 6.69. The van der Waals surface area contributed by atoms with Crippen molar-refractivity contribution in [1.29, 1.82) is 5.41 Å². The lowest BCUT2D eigenvalue weighted by molar-refractivity contribution is 0.152. The molecule has 14 heavy (non-hydrogen) atoms. The van der Waals surface area contributed by atoms with E-state index < -0.39 is 0 Å². The summed E-state index contributed by atoms with van der Waals surface area (Å²) in [5.74, 6) is 0. The van der Waals surface area contributed by atoms with E-state index in [-0.39, 0.29) is 6.10 Å². The molecule has 1 aromatic heterocycles. The third-order valence-electron chi connectivity index (χ3n) is 2.04. The summed E-state index contributed by atoms with van der Waals surface area (Å²) >= 11 is 0. The summed E-state index contributed by atoms with van der Waals surface area (Å²) in [5.41, 5.74) is 7.12. The van der Waals surface area contributed by atoms with Gasteiger partial charge in [0, 0.05) is 7.11 Å². The van der Waals surface area contributed by atoms with Gasteiger partial charge in [0.05, 0.1) is 23.3 Å². The number of nitrogens with one attached hydrogen (secondary N) is 1. The fraction of sp³-hybridized carbons (Fsp3) is 0.400. The van der Waals surface area contributed by atoms with Gasteiger partial charge in [0.25, 0.3) is 0 Å². The van der Waals surface area contributed by atoms with E-state index in [0.717, 1.165) is 6.42 Å². The standard InChI is InChI=1S/C10H15N3O/c1-3-9(14-2)10(12)8-5-4-7(11)6-13-8/h4-6,9,12H,3,11H2,1-2H3/t9-/m0/s1. The number of hydrogen-bond donors (Lipinski definition) is 2. The largest absolute Gasteiger partial charge is 0.397 e. The molecule has 0 radical (unpaired) electrons. The summed E-state index contributed by atoms with van der Waals surface area (Å²) in [6.07, 6.45) is 2.12. The van der Waals surface area contributed by atoms with Crippen molar-refractivity contribution in [2.45, 2.75) is 19.4 Å². The predicted octanol–water partition coefficient (Wildman–Crippen LogP) is 1.46. The maximum Gasteiger partial charge on any atom is 0.100 e. The van der Waals surface area contributed by atoms with Crippen LogP contribution in [0.3, 0.4) is 0 Å². The molecule has 0 bridgehead atoms. The number of nitrogen functional groups attached to an aromatic ring is 1. The van der Waals surface area contributed by atoms with Crippen LogP contribution in [0.4, 0.5) is 5.69 Å². The lowest BCUT2D eigenvalue weighted by Crippen LogP contribution is -2.23. The van der Waals surface area contributed by atoms with Gasteiger partial charge in [-0.25, -0.2) is 0 Å². The highest BCUT2D eigenvalue weighted by atomic mass is 16.5. The van der Waals surface area contributed by atoms with Crippen molar-refractivity contribution in [3.05, 3.63) is 24.0 Å². The second-order valence-corrected chi connectivity index (χ2v) is 3.02. The Kier molecular flexibility index (Phi) is 3.59. The molecule has 3 N–H and O–H groups in total. The number of methoxy groups -OCH3 is 1. The molecule has 4 heteroatoms. The monoisotopic (exact) mass is 193 g/mol. The molecule has 1 rings (SSSR count). The minimum absolute atomic E-state index is 0.189. The van der Waals surface area contributed by atoms with E-state index in [9.17, 15) is 0 Å². The van der Waals surface area contributed by atoms with E-state index in [0.29, 0.717) is 17.1 Å². The second-order valence-electron chi connectivity index (χ2n) is 3.02. The van der Waals surface area contributed by atoms with Crippen LogP contribution in [0.2, 0.25) is 0 Å². The van der Waals surface area contributed by atoms with E-state index >= 15 is 0 Å². The summed E-state index contributed by atoms with van der Waals surface area (Å²) in [4.78, 5) is 4.07. The van der Waals surface area contributed by atoms with Crippen molar-refractivity contribution in [1.82, 2.24) is 4.98 Å². The highest BCUT2D eigenvalue weighted by molar-refractivity contribution is 5.99. The van der Waals surface area contributed by atoms with Gasteiger partial charge in [-0.2, -0.15) is 0 Å². The number of hydrogen-bond acceptors (Lipinski definition) is 4. The molecule has 0 fully saturated rings. The van der Waals surface area contributed by atoms with Crippen molar-refractivity contribution >= 4 is 11.4 Å². The highest BCUT2D eigenvalue weighted by Crippen LogP contribution is 2.08. The van der Waals surface area contributed by atoms with Crippen LogP contribution < -0.4 is 5.73 Å². The molecule has 0 saturated heterocycles. The molecule has 0 aromatic carbocycles. The fourth-order valence-corrected chi connectivity index (χ4v) is 1.22. The summed E-state index contributed by atoms with van der Waals surface area (Å²) in [6.45, 7) is 1.97. The summed E-state index contributed by atoms with van der Waals surface area (Å²) in [6, 6.07) is 3.47. The van der Waals surface area contributed by atoms with Crippen LogP contribution in [0.5, 0.6) is 0 Å². The van der Waals surface area contributed by atoms with Gasteiger partial charge in [-0.15, -0.1) is 0 Å². The first-order valence-electron chi connectivity index (χ1n) is 4.52. The van der Waals surface area contributed by atoms with Gasteiger partial charge in [0.1, 0.15) is 6.10 Å². The van der Waals surface area contributed by atoms with Crippen LogP contribution in [0.25, 0.3) is 0 Å². The lowest BCUT2D eigenvalue weighted by atomic mass is 10.1. The molecule has 0 spiro atoms. The van der Waals surface area contributed by atoms with Gasteiger partial charge in [-0.3, -0.25) is 4.98 Å². The molecule has 1 atom stereocenters. The predicted molar refractivity (Wildman–Crippen MR) is 56.6 cm³/mol. The molecule has 0 amide bonds. The first-order valence-corrected chi connectivity index (χ1v) is 4.52. The van der Waals surface area contributed by atoms with Crippen LogP contribution in [-0.2, 0) is 4.74 Å². The number of anilines is 1. The maximum absolute atomic E-state index is 7.83. The van der Waals surface area contributed by atoms with Crippen LogP contribution in [0.15, 0.2) is 18.3 Å². The zero-order valence-corrected chi connectivity index (χ0v) is 8.45. The first kappa shape index (κ1) is 10.7. The van der Waals surface area contributed by atoms with Crippen LogP contribution in [-0.4, -0.2) is 23.9 Å². The number of nitrogens with zero attached hydrogens (tertiary/aromatic N) is 1. The molecule has 1 heterocycles. The van der Waals surface area contributed by atoms with E-state index in [1.165, 1.54) is 0 Å². The Morgan fingerprint density at radius 1 is 1.64 bits per heavy atom. The van der Waals surface area contributed by atoms with Crippen LogP contribution >= 0.6 is 0 Å². The molecule has 0 aliphatic heterocycles. The molecule has 0 unspecified atom stereocenters. The quantitative estimate of drug-likeness (QED) is 0.711. The van der Waals surface area contributed by atoms with E-state index in [4.69, 9.17) is 15.9 Å². The number of nitrogens with two attached hydrogens (primary N) is 1. The van der Waals surface area contributed by atoms with Crippen molar-refractivity contribution in [2.24, 2.45) is 0 Å². The van der Waals surface area contributed by atoms with Crippen LogP contribution in [0, 0.1) is 5.41 Å². The van der Waals surface area contributed by atoms with Gasteiger partial charge in [0.15, 0.2) is 0 Å². The van der Waals surface area contributed by atoms with Crippen LogP contribution in [0.1, 0.15) is 19.0 Å². The number of ether oxygens (including phenoxy) is 1. The summed E-state index contributed by atoms with van der Waals surface area (Å²) < 4.78 is 5.15. The molecule has 4 nitrogen and oxygen atoms in total. The molecular weight excluding hydrogens is 178 g/mol. The minimum atomic E-state index is -0.189. The van der Waals surface area contributed by atoms with Gasteiger partial charge < -0.3 is 15.9 Å². The van der Waals surface area contributed by atoms with E-state index in [2.05, 4.69) is 4.98 Å². The van der Waals surface area contributed by atoms with Gasteiger partial charge in [0.2, 0.25) is 0 Å². The Morgan fingerprint density at radius 3 is 2.79 bits per heavy atom. The Bertz CT molecular complexity index is 304. The van der Waals surface area contributed by atoms with Crippen molar-refractivity contribution in [3.63, 3.8) is 0 Å². The minimum Gasteiger partial charge on any atom is -0.397 e. The highest BCUT2D eigenvalue weighted by Gasteiger charge is 2.13. The lowest BCUT2D eigenvalue weighted by Gasteiger charge is -2.13. The molecule has 0 aliphatic rings. The smallest absolute Gasteiger partial charge is 0.100 e. The van der Waals surface area contributed by atoms with E-state index in [1.807, 2.05) is 6.92 Å². The molecular formula is C10H15N3O. The van der Waals surface area contributed by atoms with Gasteiger partial charge >= 0.3 is 0 Å². The maximum atomic E-state index is 7.83. The second kappa shape index (κ2) is 4.72. The topological polar surface area (TPSA) is 72.0 Å². The average Bonchev–Trinajstić information content (AvgIpc) is 2.20. The molecule has 0 aliphatic carbocycles. The number of pyridine rings is 1. The average molecular weight is 193 g/mol. The number of rotatable bonds is 4. The Morgan fingerprint density at radius 2 is 2.36 bits per heavy atom. The third kappa shape index (κ3) is 2.29. The van der Waals surface area contributed by atoms with Gasteiger partial charge in [-0.05, 0) is 18.6 Å². The SMILES string of the molecule is CC[C@H](OC)C(=N)c1ccc(N)cn1. The zero-order valence-electron chi connectivity index (χ0n) is 8.45. The Hall–Kier alpha value is -1.42. The summed E-state index contributed by atoms with van der Waals surface area (Å²) in [5, 5.41) is 7.83.